The van der Waals surface area contributed by atoms with Crippen LogP contribution in [0.1, 0.15) is 19.8 Å². The van der Waals surface area contributed by atoms with Gasteiger partial charge in [-0.2, -0.15) is 0 Å². The van der Waals surface area contributed by atoms with Crippen LogP contribution in [0, 0.1) is 5.92 Å². The van der Waals surface area contributed by atoms with Gasteiger partial charge in [-0.3, -0.25) is 4.79 Å². The molecule has 98 valence electrons. The Labute approximate surface area is 101 Å². The summed E-state index contributed by atoms with van der Waals surface area (Å²) in [6.45, 7) is 3.61. The van der Waals surface area contributed by atoms with E-state index in [0.717, 1.165) is 13.0 Å². The largest absolute Gasteiger partial charge is 0.481 e. The molecular formula is C11H20N2O4. The van der Waals surface area contributed by atoms with Gasteiger partial charge in [-0.05, 0) is 19.4 Å². The van der Waals surface area contributed by atoms with Crippen molar-refractivity contribution in [2.75, 3.05) is 26.7 Å². The van der Waals surface area contributed by atoms with Crippen LogP contribution in [-0.4, -0.2) is 54.9 Å². The van der Waals surface area contributed by atoms with E-state index < -0.39 is 18.0 Å². The van der Waals surface area contributed by atoms with Gasteiger partial charge in [0.1, 0.15) is 0 Å². The fourth-order valence-corrected chi connectivity index (χ4v) is 2.05. The molecule has 1 rings (SSSR count). The molecule has 2 N–H and O–H groups in total. The lowest BCUT2D eigenvalue weighted by Gasteiger charge is -2.35. The Morgan fingerprint density at radius 3 is 2.71 bits per heavy atom. The molecule has 6 nitrogen and oxygen atoms in total. The Kier molecular flexibility index (Phi) is 5.21. The predicted octanol–water partition coefficient (Wildman–Crippen LogP) is 0.528. The molecule has 1 aliphatic rings. The van der Waals surface area contributed by atoms with Crippen LogP contribution < -0.4 is 5.32 Å². The number of carboxylic acids is 1. The fraction of sp³-hybridized carbons (Fsp3) is 0.818. The summed E-state index contributed by atoms with van der Waals surface area (Å²) in [6.07, 6.45) is 1.08. The van der Waals surface area contributed by atoms with Crippen molar-refractivity contribution in [1.29, 1.82) is 0 Å². The van der Waals surface area contributed by atoms with Crippen molar-refractivity contribution < 1.29 is 19.4 Å². The van der Waals surface area contributed by atoms with E-state index in [2.05, 4.69) is 10.1 Å². The SMILES string of the molecule is CCCNC1CC(C(=O)O)CN(C(=O)OC)C1. The van der Waals surface area contributed by atoms with E-state index in [1.54, 1.807) is 0 Å². The molecule has 0 saturated carbocycles. The second kappa shape index (κ2) is 6.44. The smallest absolute Gasteiger partial charge is 0.409 e. The third-order valence-corrected chi connectivity index (χ3v) is 2.92. The maximum absolute atomic E-state index is 11.4. The molecule has 0 aromatic rings. The number of nitrogens with zero attached hydrogens (tertiary/aromatic N) is 1. The number of nitrogens with one attached hydrogen (secondary N) is 1. The minimum absolute atomic E-state index is 0.0314. The number of carboxylic acid groups (broad SMARTS) is 1. The van der Waals surface area contributed by atoms with Crippen molar-refractivity contribution >= 4 is 12.1 Å². The minimum atomic E-state index is -0.859. The standard InChI is InChI=1S/C11H20N2O4/c1-3-4-12-9-5-8(10(14)15)6-13(7-9)11(16)17-2/h8-9,12H,3-7H2,1-2H3,(H,14,15). The number of carbonyl (C=O) groups excluding carboxylic acids is 1. The molecule has 1 saturated heterocycles. The van der Waals surface area contributed by atoms with E-state index in [0.29, 0.717) is 13.0 Å². The summed E-state index contributed by atoms with van der Waals surface area (Å²) < 4.78 is 4.64. The van der Waals surface area contributed by atoms with Gasteiger partial charge in [0.15, 0.2) is 0 Å². The molecule has 1 fully saturated rings. The second-order valence-corrected chi connectivity index (χ2v) is 4.30. The molecule has 0 bridgehead atoms. The monoisotopic (exact) mass is 244 g/mol. The van der Waals surface area contributed by atoms with Gasteiger partial charge in [-0.15, -0.1) is 0 Å². The van der Waals surface area contributed by atoms with Crippen molar-refractivity contribution in [2.45, 2.75) is 25.8 Å². The maximum atomic E-state index is 11.4. The van der Waals surface area contributed by atoms with Gasteiger partial charge < -0.3 is 20.1 Å². The first-order valence-corrected chi connectivity index (χ1v) is 5.87. The topological polar surface area (TPSA) is 78.9 Å². The molecule has 0 spiro atoms. The molecule has 1 aliphatic heterocycles. The highest BCUT2D eigenvalue weighted by molar-refractivity contribution is 5.73. The second-order valence-electron chi connectivity index (χ2n) is 4.30. The van der Waals surface area contributed by atoms with Crippen molar-refractivity contribution in [2.24, 2.45) is 5.92 Å². The van der Waals surface area contributed by atoms with Crippen LogP contribution in [0.15, 0.2) is 0 Å². The summed E-state index contributed by atoms with van der Waals surface area (Å²) in [6, 6.07) is 0.0314. The first-order valence-electron chi connectivity index (χ1n) is 5.87. The van der Waals surface area contributed by atoms with Crippen LogP contribution in [0.2, 0.25) is 0 Å². The van der Waals surface area contributed by atoms with Crippen molar-refractivity contribution in [3.63, 3.8) is 0 Å². The molecule has 2 unspecified atom stereocenters. The van der Waals surface area contributed by atoms with Gasteiger partial charge in [0, 0.05) is 19.1 Å². The first-order chi connectivity index (χ1) is 8.08. The lowest BCUT2D eigenvalue weighted by Crippen LogP contribution is -2.52. The molecular weight excluding hydrogens is 224 g/mol. The van der Waals surface area contributed by atoms with E-state index >= 15 is 0 Å². The van der Waals surface area contributed by atoms with E-state index in [1.165, 1.54) is 12.0 Å². The van der Waals surface area contributed by atoms with Crippen molar-refractivity contribution in [3.05, 3.63) is 0 Å². The highest BCUT2D eigenvalue weighted by Gasteiger charge is 2.33. The lowest BCUT2D eigenvalue weighted by molar-refractivity contribution is -0.143. The average molecular weight is 244 g/mol. The van der Waals surface area contributed by atoms with E-state index in [9.17, 15) is 9.59 Å². The van der Waals surface area contributed by atoms with Crippen molar-refractivity contribution in [1.82, 2.24) is 10.2 Å². The zero-order valence-electron chi connectivity index (χ0n) is 10.3. The number of hydrogen-bond acceptors (Lipinski definition) is 4. The third kappa shape index (κ3) is 3.89. The number of rotatable bonds is 4. The highest BCUT2D eigenvalue weighted by atomic mass is 16.5. The number of ether oxygens (including phenoxy) is 1. The van der Waals surface area contributed by atoms with Gasteiger partial charge in [-0.1, -0.05) is 6.92 Å². The number of carbonyl (C=O) groups is 2. The van der Waals surface area contributed by atoms with Gasteiger partial charge in [-0.25, -0.2) is 4.79 Å². The molecule has 0 aliphatic carbocycles. The van der Waals surface area contributed by atoms with Gasteiger partial charge in [0.25, 0.3) is 0 Å². The normalized spacial score (nSPS) is 24.5. The van der Waals surface area contributed by atoms with Gasteiger partial charge >= 0.3 is 12.1 Å². The van der Waals surface area contributed by atoms with Crippen LogP contribution >= 0.6 is 0 Å². The number of hydrogen-bond donors (Lipinski definition) is 2. The summed E-state index contributed by atoms with van der Waals surface area (Å²) >= 11 is 0. The Balaban J connectivity index is 2.62. The van der Waals surface area contributed by atoms with Crippen LogP contribution in [0.5, 0.6) is 0 Å². The van der Waals surface area contributed by atoms with Crippen LogP contribution in [-0.2, 0) is 9.53 Å². The fourth-order valence-electron chi connectivity index (χ4n) is 2.05. The summed E-state index contributed by atoms with van der Waals surface area (Å²) in [4.78, 5) is 23.9. The molecule has 2 atom stereocenters. The minimum Gasteiger partial charge on any atom is -0.481 e. The summed E-state index contributed by atoms with van der Waals surface area (Å²) in [7, 11) is 1.31. The van der Waals surface area contributed by atoms with Crippen LogP contribution in [0.25, 0.3) is 0 Å². The quantitative estimate of drug-likeness (QED) is 0.754. The Hall–Kier alpha value is -1.30. The van der Waals surface area contributed by atoms with Crippen LogP contribution in [0.3, 0.4) is 0 Å². The number of piperidine rings is 1. The average Bonchev–Trinajstić information content (AvgIpc) is 2.34. The maximum Gasteiger partial charge on any atom is 0.409 e. The Bertz CT molecular complexity index is 283. The molecule has 1 amide bonds. The van der Waals surface area contributed by atoms with Gasteiger partial charge in [0.05, 0.1) is 13.0 Å². The van der Waals surface area contributed by atoms with Gasteiger partial charge in [0.2, 0.25) is 0 Å². The van der Waals surface area contributed by atoms with Crippen LogP contribution in [0.4, 0.5) is 4.79 Å². The lowest BCUT2D eigenvalue weighted by atomic mass is 9.94. The van der Waals surface area contributed by atoms with E-state index in [1.807, 2.05) is 6.92 Å². The molecule has 0 aromatic carbocycles. The molecule has 6 heteroatoms. The van der Waals surface area contributed by atoms with E-state index in [-0.39, 0.29) is 12.6 Å². The summed E-state index contributed by atoms with van der Waals surface area (Å²) in [5.41, 5.74) is 0. The molecule has 17 heavy (non-hydrogen) atoms. The number of amides is 1. The Morgan fingerprint density at radius 1 is 1.47 bits per heavy atom. The zero-order valence-corrected chi connectivity index (χ0v) is 10.3. The highest BCUT2D eigenvalue weighted by Crippen LogP contribution is 2.18. The number of likely N-dealkylation sites (tertiary alicyclic amines) is 1. The zero-order chi connectivity index (χ0) is 12.8. The van der Waals surface area contributed by atoms with E-state index in [4.69, 9.17) is 5.11 Å². The van der Waals surface area contributed by atoms with Crippen molar-refractivity contribution in [3.8, 4) is 0 Å². The molecule has 1 heterocycles. The third-order valence-electron chi connectivity index (χ3n) is 2.92. The summed E-state index contributed by atoms with van der Waals surface area (Å²) in [5, 5.41) is 12.3. The molecule has 0 aromatic heterocycles. The number of aliphatic carboxylic acids is 1. The summed E-state index contributed by atoms with van der Waals surface area (Å²) in [5.74, 6) is -1.38. The first kappa shape index (κ1) is 13.8. The Morgan fingerprint density at radius 2 is 2.18 bits per heavy atom. The number of methoxy groups -OCH3 is 1. The molecule has 0 radical (unpaired) electrons. The predicted molar refractivity (Wildman–Crippen MR) is 61.8 cm³/mol.